The number of hydrogen-bond acceptors (Lipinski definition) is 2. The van der Waals surface area contributed by atoms with Gasteiger partial charge in [0.05, 0.1) is 11.1 Å². The molecule has 4 heteroatoms. The van der Waals surface area contributed by atoms with Gasteiger partial charge in [-0.25, -0.2) is 4.39 Å². The summed E-state index contributed by atoms with van der Waals surface area (Å²) in [6.07, 6.45) is 1.72. The highest BCUT2D eigenvalue weighted by Crippen LogP contribution is 2.26. The molecule has 1 aliphatic rings. The maximum atomic E-state index is 13.6. The van der Waals surface area contributed by atoms with E-state index in [1.54, 1.807) is 12.1 Å². The number of hydrogen-bond donors (Lipinski definition) is 1. The van der Waals surface area contributed by atoms with Crippen molar-refractivity contribution in [3.05, 3.63) is 34.1 Å². The number of benzene rings is 1. The Kier molecular flexibility index (Phi) is 3.13. The molecule has 1 unspecified atom stereocenters. The van der Waals surface area contributed by atoms with Gasteiger partial charge in [-0.05, 0) is 44.5 Å². The zero-order valence-corrected chi connectivity index (χ0v) is 10.6. The van der Waals surface area contributed by atoms with E-state index in [4.69, 9.17) is 0 Å². The molecule has 86 valence electrons. The Hall–Kier alpha value is -0.740. The molecule has 1 fully saturated rings. The molecule has 1 N–H and O–H groups in total. The normalized spacial score (nSPS) is 24.7. The second-order valence-electron chi connectivity index (χ2n) is 4.32. The first-order chi connectivity index (χ1) is 7.53. The van der Waals surface area contributed by atoms with Crippen LogP contribution in [0.15, 0.2) is 22.7 Å². The maximum absolute atomic E-state index is 13.6. The predicted octanol–water partition coefficient (Wildman–Crippen LogP) is 2.91. The van der Waals surface area contributed by atoms with Gasteiger partial charge in [0.25, 0.3) is 0 Å². The summed E-state index contributed by atoms with van der Waals surface area (Å²) in [5, 5.41) is 3.15. The Balaban J connectivity index is 2.36. The average Bonchev–Trinajstić information content (AvgIpc) is 2.69. The van der Waals surface area contributed by atoms with E-state index >= 15 is 0 Å². The van der Waals surface area contributed by atoms with E-state index in [0.717, 1.165) is 23.9 Å². The fraction of sp³-hybridized carbons (Fsp3) is 0.417. The van der Waals surface area contributed by atoms with Gasteiger partial charge in [-0.1, -0.05) is 15.9 Å². The van der Waals surface area contributed by atoms with Gasteiger partial charge in [0, 0.05) is 4.47 Å². The Morgan fingerprint density at radius 3 is 2.94 bits per heavy atom. The molecule has 0 saturated carbocycles. The molecule has 16 heavy (non-hydrogen) atoms. The SMILES string of the molecule is CC1(C(=O)c2cc(Br)ccc2F)CCCN1. The Bertz CT molecular complexity index is 427. The standard InChI is InChI=1S/C12H13BrFNO/c1-12(5-2-6-15-12)11(16)9-7-8(13)3-4-10(9)14/h3-4,7,15H,2,5-6H2,1H3. The van der Waals surface area contributed by atoms with Crippen molar-refractivity contribution in [2.45, 2.75) is 25.3 Å². The van der Waals surface area contributed by atoms with E-state index in [2.05, 4.69) is 21.2 Å². The topological polar surface area (TPSA) is 29.1 Å². The molecular formula is C12H13BrFNO. The highest BCUT2D eigenvalue weighted by atomic mass is 79.9. The third kappa shape index (κ3) is 2.04. The van der Waals surface area contributed by atoms with Gasteiger partial charge in [-0.2, -0.15) is 0 Å². The lowest BCUT2D eigenvalue weighted by molar-refractivity contribution is 0.0880. The van der Waals surface area contributed by atoms with Gasteiger partial charge < -0.3 is 5.32 Å². The first-order valence-corrected chi connectivity index (χ1v) is 6.07. The van der Waals surface area contributed by atoms with Crippen LogP contribution in [0.25, 0.3) is 0 Å². The van der Waals surface area contributed by atoms with Crippen LogP contribution in [0.5, 0.6) is 0 Å². The van der Waals surface area contributed by atoms with Crippen LogP contribution in [0.4, 0.5) is 4.39 Å². The van der Waals surface area contributed by atoms with Crippen molar-refractivity contribution >= 4 is 21.7 Å². The lowest BCUT2D eigenvalue weighted by atomic mass is 9.89. The summed E-state index contributed by atoms with van der Waals surface area (Å²) < 4.78 is 14.3. The Morgan fingerprint density at radius 1 is 1.56 bits per heavy atom. The number of carbonyl (C=O) groups is 1. The van der Waals surface area contributed by atoms with E-state index in [1.807, 2.05) is 6.92 Å². The number of Topliss-reactive ketones (excluding diaryl/α,β-unsaturated/α-hetero) is 1. The molecule has 1 aromatic carbocycles. The number of rotatable bonds is 2. The van der Waals surface area contributed by atoms with Crippen LogP contribution in [-0.4, -0.2) is 17.9 Å². The molecule has 0 bridgehead atoms. The van der Waals surface area contributed by atoms with Crippen LogP contribution in [-0.2, 0) is 0 Å². The number of ketones is 1. The minimum atomic E-state index is -0.609. The van der Waals surface area contributed by atoms with Crippen molar-refractivity contribution in [1.82, 2.24) is 5.32 Å². The van der Waals surface area contributed by atoms with Gasteiger partial charge >= 0.3 is 0 Å². The van der Waals surface area contributed by atoms with E-state index < -0.39 is 11.4 Å². The third-order valence-electron chi connectivity index (χ3n) is 3.04. The van der Waals surface area contributed by atoms with Crippen LogP contribution in [0.1, 0.15) is 30.1 Å². The highest BCUT2D eigenvalue weighted by molar-refractivity contribution is 9.10. The van der Waals surface area contributed by atoms with Crippen molar-refractivity contribution < 1.29 is 9.18 Å². The summed E-state index contributed by atoms with van der Waals surface area (Å²) in [5.41, 5.74) is -0.451. The molecule has 0 radical (unpaired) electrons. The minimum absolute atomic E-state index is 0.159. The minimum Gasteiger partial charge on any atom is -0.305 e. The smallest absolute Gasteiger partial charge is 0.185 e. The molecular weight excluding hydrogens is 273 g/mol. The van der Waals surface area contributed by atoms with Crippen LogP contribution in [0, 0.1) is 5.82 Å². The lowest BCUT2D eigenvalue weighted by Crippen LogP contribution is -2.44. The van der Waals surface area contributed by atoms with Crippen molar-refractivity contribution in [2.75, 3.05) is 6.54 Å². The fourth-order valence-electron chi connectivity index (χ4n) is 2.06. The van der Waals surface area contributed by atoms with Crippen LogP contribution in [0.2, 0.25) is 0 Å². The summed E-state index contributed by atoms with van der Waals surface area (Å²) in [6, 6.07) is 4.45. The van der Waals surface area contributed by atoms with Crippen molar-refractivity contribution in [3.8, 4) is 0 Å². The second kappa shape index (κ2) is 4.26. The van der Waals surface area contributed by atoms with E-state index in [9.17, 15) is 9.18 Å². The van der Waals surface area contributed by atoms with Crippen LogP contribution < -0.4 is 5.32 Å². The predicted molar refractivity (Wildman–Crippen MR) is 64.1 cm³/mol. The van der Waals surface area contributed by atoms with Crippen molar-refractivity contribution in [1.29, 1.82) is 0 Å². The lowest BCUT2D eigenvalue weighted by Gasteiger charge is -2.22. The van der Waals surface area contributed by atoms with Crippen LogP contribution >= 0.6 is 15.9 Å². The van der Waals surface area contributed by atoms with E-state index in [1.165, 1.54) is 6.07 Å². The zero-order valence-electron chi connectivity index (χ0n) is 9.02. The molecule has 1 aliphatic heterocycles. The first kappa shape index (κ1) is 11.7. The third-order valence-corrected chi connectivity index (χ3v) is 3.54. The molecule has 0 aliphatic carbocycles. The molecule has 0 spiro atoms. The number of halogens is 2. The Morgan fingerprint density at radius 2 is 2.31 bits per heavy atom. The van der Waals surface area contributed by atoms with Gasteiger partial charge in [0.2, 0.25) is 0 Å². The molecule has 1 heterocycles. The van der Waals surface area contributed by atoms with Gasteiger partial charge in [-0.15, -0.1) is 0 Å². The number of nitrogens with one attached hydrogen (secondary N) is 1. The summed E-state index contributed by atoms with van der Waals surface area (Å²) in [5.74, 6) is -0.619. The number of carbonyl (C=O) groups excluding carboxylic acids is 1. The summed E-state index contributed by atoms with van der Waals surface area (Å²) in [4.78, 5) is 12.2. The van der Waals surface area contributed by atoms with E-state index in [0.29, 0.717) is 0 Å². The molecule has 2 nitrogen and oxygen atoms in total. The average molecular weight is 286 g/mol. The largest absolute Gasteiger partial charge is 0.305 e. The van der Waals surface area contributed by atoms with Gasteiger partial charge in [0.15, 0.2) is 5.78 Å². The summed E-state index contributed by atoms with van der Waals surface area (Å²) in [7, 11) is 0. The molecule has 1 aromatic rings. The van der Waals surface area contributed by atoms with Gasteiger partial charge in [-0.3, -0.25) is 4.79 Å². The first-order valence-electron chi connectivity index (χ1n) is 5.28. The van der Waals surface area contributed by atoms with Gasteiger partial charge in [0.1, 0.15) is 5.82 Å². The molecule has 1 atom stereocenters. The second-order valence-corrected chi connectivity index (χ2v) is 5.23. The van der Waals surface area contributed by atoms with Crippen LogP contribution in [0.3, 0.4) is 0 Å². The summed E-state index contributed by atoms with van der Waals surface area (Å²) in [6.45, 7) is 2.65. The Labute approximate surface area is 102 Å². The monoisotopic (exact) mass is 285 g/mol. The molecule has 2 rings (SSSR count). The van der Waals surface area contributed by atoms with Crippen molar-refractivity contribution in [3.63, 3.8) is 0 Å². The molecule has 0 aromatic heterocycles. The summed E-state index contributed by atoms with van der Waals surface area (Å²) >= 11 is 3.25. The highest BCUT2D eigenvalue weighted by Gasteiger charge is 2.37. The van der Waals surface area contributed by atoms with Crippen molar-refractivity contribution in [2.24, 2.45) is 0 Å². The molecule has 0 amide bonds. The molecule has 1 saturated heterocycles. The van der Waals surface area contributed by atoms with E-state index in [-0.39, 0.29) is 11.3 Å². The fourth-order valence-corrected chi connectivity index (χ4v) is 2.42. The zero-order chi connectivity index (χ0) is 11.8. The quantitative estimate of drug-likeness (QED) is 0.847. The maximum Gasteiger partial charge on any atom is 0.185 e.